The molecule has 1 aliphatic carbocycles. The second-order valence-electron chi connectivity index (χ2n) is 6.28. The van der Waals surface area contributed by atoms with Crippen LogP contribution in [0.3, 0.4) is 0 Å². The number of non-ortho nitro benzene ring substituents is 1. The molecular formula is C17H14N4O4S. The van der Waals surface area contributed by atoms with Crippen LogP contribution in [0, 0.1) is 14.9 Å². The first-order valence-electron chi connectivity index (χ1n) is 8.10. The summed E-state index contributed by atoms with van der Waals surface area (Å²) in [5.74, 6) is -0.295. The number of nitrogens with one attached hydrogen (secondary N) is 3. The molecule has 0 saturated heterocycles. The summed E-state index contributed by atoms with van der Waals surface area (Å²) in [5, 5.41) is 14.3. The zero-order chi connectivity index (χ0) is 18.4. The smallest absolute Gasteiger partial charge is 0.269 e. The van der Waals surface area contributed by atoms with Gasteiger partial charge in [-0.25, -0.2) is 0 Å². The number of aromatic amines is 2. The molecule has 1 atom stereocenters. The van der Waals surface area contributed by atoms with Crippen LogP contribution in [-0.2, 0) is 4.79 Å². The highest BCUT2D eigenvalue weighted by Gasteiger charge is 2.37. The van der Waals surface area contributed by atoms with Crippen LogP contribution >= 0.6 is 12.2 Å². The fraction of sp³-hybridized carbons (Fsp3) is 0.235. The molecule has 26 heavy (non-hydrogen) atoms. The number of carbonyl (C=O) groups excluding carboxylic acids is 1. The lowest BCUT2D eigenvalue weighted by molar-refractivity contribution is -0.384. The maximum atomic E-state index is 12.6. The molecule has 4 rings (SSSR count). The Bertz CT molecular complexity index is 1100. The summed E-state index contributed by atoms with van der Waals surface area (Å²) < 4.78 is 0.172. The Kier molecular flexibility index (Phi) is 3.80. The Hall–Kier alpha value is -3.07. The van der Waals surface area contributed by atoms with E-state index in [2.05, 4.69) is 15.3 Å². The number of hydrogen-bond acceptors (Lipinski definition) is 6. The molecule has 1 aromatic heterocycles. The molecule has 1 aliphatic heterocycles. The van der Waals surface area contributed by atoms with Crippen molar-refractivity contribution in [3.05, 3.63) is 71.9 Å². The van der Waals surface area contributed by atoms with Crippen LogP contribution in [0.5, 0.6) is 0 Å². The van der Waals surface area contributed by atoms with E-state index in [1.807, 2.05) is 0 Å². The summed E-state index contributed by atoms with van der Waals surface area (Å²) >= 11 is 5.04. The van der Waals surface area contributed by atoms with Crippen molar-refractivity contribution in [2.75, 3.05) is 5.32 Å². The van der Waals surface area contributed by atoms with Crippen LogP contribution in [0.4, 0.5) is 11.5 Å². The van der Waals surface area contributed by atoms with Crippen molar-refractivity contribution < 1.29 is 9.72 Å². The van der Waals surface area contributed by atoms with E-state index in [1.165, 1.54) is 12.1 Å². The van der Waals surface area contributed by atoms with Crippen molar-refractivity contribution in [2.24, 2.45) is 0 Å². The Morgan fingerprint density at radius 3 is 2.77 bits per heavy atom. The van der Waals surface area contributed by atoms with E-state index in [0.29, 0.717) is 41.8 Å². The molecule has 9 heteroatoms. The predicted molar refractivity (Wildman–Crippen MR) is 96.7 cm³/mol. The van der Waals surface area contributed by atoms with Gasteiger partial charge in [-0.3, -0.25) is 24.7 Å². The second-order valence-corrected chi connectivity index (χ2v) is 6.68. The largest absolute Gasteiger partial charge is 0.344 e. The van der Waals surface area contributed by atoms with Gasteiger partial charge in [-0.15, -0.1) is 0 Å². The first-order valence-corrected chi connectivity index (χ1v) is 8.50. The quantitative estimate of drug-likeness (QED) is 0.425. The molecule has 0 amide bonds. The molecule has 2 heterocycles. The van der Waals surface area contributed by atoms with Crippen molar-refractivity contribution in [1.29, 1.82) is 0 Å². The van der Waals surface area contributed by atoms with Crippen LogP contribution in [-0.4, -0.2) is 20.7 Å². The van der Waals surface area contributed by atoms with Gasteiger partial charge >= 0.3 is 0 Å². The van der Waals surface area contributed by atoms with E-state index < -0.39 is 16.4 Å². The maximum Gasteiger partial charge on any atom is 0.269 e. The number of rotatable bonds is 2. The topological polar surface area (TPSA) is 121 Å². The zero-order valence-corrected chi connectivity index (χ0v) is 14.3. The normalized spacial score (nSPS) is 18.8. The number of anilines is 1. The minimum atomic E-state index is -0.676. The summed E-state index contributed by atoms with van der Waals surface area (Å²) in [4.78, 5) is 41.4. The Morgan fingerprint density at radius 1 is 1.19 bits per heavy atom. The van der Waals surface area contributed by atoms with Gasteiger partial charge in [0.25, 0.3) is 11.2 Å². The molecule has 0 fully saturated rings. The minimum absolute atomic E-state index is 0.0530. The maximum absolute atomic E-state index is 12.6. The number of fused-ring (bicyclic) bond motifs is 1. The van der Waals surface area contributed by atoms with E-state index in [1.54, 1.807) is 12.1 Å². The molecule has 2 aromatic rings. The van der Waals surface area contributed by atoms with Crippen molar-refractivity contribution in [2.45, 2.75) is 25.2 Å². The van der Waals surface area contributed by atoms with Crippen molar-refractivity contribution >= 4 is 29.5 Å². The number of carbonyl (C=O) groups is 1. The number of ketones is 1. The number of nitro benzene ring substituents is 1. The molecule has 0 unspecified atom stereocenters. The highest BCUT2D eigenvalue weighted by atomic mass is 32.1. The first kappa shape index (κ1) is 16.4. The average Bonchev–Trinajstić information content (AvgIpc) is 2.60. The second kappa shape index (κ2) is 6.03. The lowest BCUT2D eigenvalue weighted by Crippen LogP contribution is -2.32. The fourth-order valence-electron chi connectivity index (χ4n) is 3.64. The number of Topliss-reactive ketones (excluding diaryl/α,β-unsaturated/α-hetero) is 1. The number of allylic oxidation sites excluding steroid dienone is 2. The van der Waals surface area contributed by atoms with Crippen LogP contribution in [0.15, 0.2) is 40.3 Å². The lowest BCUT2D eigenvalue weighted by Gasteiger charge is -2.32. The van der Waals surface area contributed by atoms with Crippen LogP contribution in [0.25, 0.3) is 0 Å². The summed E-state index contributed by atoms with van der Waals surface area (Å²) in [6.07, 6.45) is 1.77. The third-order valence-electron chi connectivity index (χ3n) is 4.70. The van der Waals surface area contributed by atoms with Crippen molar-refractivity contribution in [1.82, 2.24) is 9.97 Å². The third kappa shape index (κ3) is 2.57. The molecule has 0 bridgehead atoms. The molecule has 8 nitrogen and oxygen atoms in total. The summed E-state index contributed by atoms with van der Waals surface area (Å²) in [6, 6.07) is 6.04. The van der Waals surface area contributed by atoms with E-state index in [0.717, 1.165) is 5.70 Å². The predicted octanol–water partition coefficient (Wildman–Crippen LogP) is 2.91. The molecule has 1 aromatic carbocycles. The number of H-pyrrole nitrogens is 2. The Balaban J connectivity index is 2.01. The van der Waals surface area contributed by atoms with Crippen LogP contribution in [0.2, 0.25) is 0 Å². The van der Waals surface area contributed by atoms with Crippen LogP contribution in [0.1, 0.15) is 36.3 Å². The van der Waals surface area contributed by atoms with Gasteiger partial charge in [-0.05, 0) is 30.6 Å². The molecule has 2 aliphatic rings. The number of nitro groups is 1. The van der Waals surface area contributed by atoms with Crippen molar-refractivity contribution in [3.63, 3.8) is 0 Å². The number of benzene rings is 1. The Morgan fingerprint density at radius 2 is 2.00 bits per heavy atom. The molecular weight excluding hydrogens is 356 g/mol. The van der Waals surface area contributed by atoms with Gasteiger partial charge in [0, 0.05) is 35.7 Å². The highest BCUT2D eigenvalue weighted by Crippen LogP contribution is 2.43. The minimum Gasteiger partial charge on any atom is -0.344 e. The fourth-order valence-corrected chi connectivity index (χ4v) is 3.84. The van der Waals surface area contributed by atoms with Crippen molar-refractivity contribution in [3.8, 4) is 0 Å². The van der Waals surface area contributed by atoms with E-state index in [-0.39, 0.29) is 16.2 Å². The van der Waals surface area contributed by atoms with Gasteiger partial charge in [0.05, 0.1) is 10.5 Å². The SMILES string of the molecule is O=C1CCCC2=C1[C@H](c1cccc([N+](=O)[O-])c1)c1c([nH]c(=S)[nH]c1=O)N2. The monoisotopic (exact) mass is 370 g/mol. The molecule has 132 valence electrons. The number of aromatic nitrogens is 2. The number of nitrogens with zero attached hydrogens (tertiary/aromatic N) is 1. The first-order chi connectivity index (χ1) is 12.5. The van der Waals surface area contributed by atoms with Gasteiger partial charge in [0.15, 0.2) is 10.6 Å². The third-order valence-corrected chi connectivity index (χ3v) is 4.91. The molecule has 0 spiro atoms. The van der Waals surface area contributed by atoms with E-state index >= 15 is 0 Å². The standard InChI is InChI=1S/C17H14N4O4S/c22-11-6-2-5-10-13(11)12(8-3-1-4-9(7-8)21(24)25)14-15(18-10)19-17(26)20-16(14)23/h1,3-4,7,12H,2,5-6H2,(H3,18,19,20,23,26)/t12-/m0/s1. The van der Waals surface area contributed by atoms with E-state index in [4.69, 9.17) is 12.2 Å². The highest BCUT2D eigenvalue weighted by molar-refractivity contribution is 7.71. The average molecular weight is 370 g/mol. The zero-order valence-electron chi connectivity index (χ0n) is 13.5. The Labute approximate surface area is 152 Å². The van der Waals surface area contributed by atoms with Gasteiger partial charge < -0.3 is 10.3 Å². The molecule has 0 saturated carbocycles. The van der Waals surface area contributed by atoms with Gasteiger partial charge in [-0.2, -0.15) is 0 Å². The molecule has 3 N–H and O–H groups in total. The van der Waals surface area contributed by atoms with Crippen LogP contribution < -0.4 is 10.9 Å². The number of hydrogen-bond donors (Lipinski definition) is 3. The summed E-state index contributed by atoms with van der Waals surface area (Å²) in [7, 11) is 0. The van der Waals surface area contributed by atoms with E-state index in [9.17, 15) is 19.7 Å². The summed E-state index contributed by atoms with van der Waals surface area (Å²) in [5.41, 5.74) is 1.57. The molecule has 0 radical (unpaired) electrons. The van der Waals surface area contributed by atoms with Gasteiger partial charge in [0.2, 0.25) is 0 Å². The van der Waals surface area contributed by atoms with Gasteiger partial charge in [0.1, 0.15) is 5.82 Å². The van der Waals surface area contributed by atoms with Gasteiger partial charge in [-0.1, -0.05) is 12.1 Å². The lowest BCUT2D eigenvalue weighted by atomic mass is 9.76. The summed E-state index contributed by atoms with van der Waals surface area (Å²) in [6.45, 7) is 0.